The maximum atomic E-state index is 5.26. The second kappa shape index (κ2) is 5.19. The summed E-state index contributed by atoms with van der Waals surface area (Å²) in [6, 6.07) is 0. The minimum atomic E-state index is 0.672. The van der Waals surface area contributed by atoms with Crippen LogP contribution in [0.3, 0.4) is 0 Å². The van der Waals surface area contributed by atoms with Crippen molar-refractivity contribution in [1.82, 2.24) is 19.7 Å². The normalized spacial score (nSPS) is 10.9. The average Bonchev–Trinajstić information content (AvgIpc) is 2.85. The topological polar surface area (TPSA) is 49.7 Å². The van der Waals surface area contributed by atoms with Gasteiger partial charge in [0.05, 0.1) is 10.6 Å². The molecule has 2 heterocycles. The molecule has 2 aromatic rings. The zero-order valence-electron chi connectivity index (χ0n) is 11.0. The fourth-order valence-electron chi connectivity index (χ4n) is 1.70. The lowest BCUT2D eigenvalue weighted by molar-refractivity contribution is 0.675. The van der Waals surface area contributed by atoms with Gasteiger partial charge in [-0.2, -0.15) is 5.10 Å². The highest BCUT2D eigenvalue weighted by atomic mass is 32.1. The van der Waals surface area contributed by atoms with Crippen molar-refractivity contribution >= 4 is 28.7 Å². The number of aromatic nitrogens is 4. The van der Waals surface area contributed by atoms with E-state index in [9.17, 15) is 0 Å². The van der Waals surface area contributed by atoms with Gasteiger partial charge in [-0.1, -0.05) is 18.3 Å². The fourth-order valence-corrected chi connectivity index (χ4v) is 2.91. The predicted molar refractivity (Wildman–Crippen MR) is 77.9 cm³/mol. The van der Waals surface area contributed by atoms with Gasteiger partial charge in [0.2, 0.25) is 0 Å². The van der Waals surface area contributed by atoms with Crippen LogP contribution in [0.15, 0.2) is 0 Å². The lowest BCUT2D eigenvalue weighted by Gasteiger charge is -2.05. The fraction of sp³-hybridized carbons (Fsp3) is 0.545. The van der Waals surface area contributed by atoms with Gasteiger partial charge in [-0.3, -0.25) is 9.67 Å². The molecule has 0 spiro atoms. The quantitative estimate of drug-likeness (QED) is 0.877. The Morgan fingerprint density at radius 1 is 1.44 bits per heavy atom. The Morgan fingerprint density at radius 2 is 2.17 bits per heavy atom. The highest BCUT2D eigenvalue weighted by Crippen LogP contribution is 2.32. The van der Waals surface area contributed by atoms with Crippen LogP contribution in [-0.4, -0.2) is 33.8 Å². The van der Waals surface area contributed by atoms with Crippen molar-refractivity contribution in [3.05, 3.63) is 10.5 Å². The zero-order chi connectivity index (χ0) is 13.3. The Kier molecular flexibility index (Phi) is 3.82. The van der Waals surface area contributed by atoms with Crippen LogP contribution in [0.2, 0.25) is 0 Å². The van der Waals surface area contributed by atoms with E-state index in [2.05, 4.69) is 22.1 Å². The van der Waals surface area contributed by atoms with Gasteiger partial charge in [-0.05, 0) is 25.6 Å². The number of H-pyrrole nitrogens is 1. The molecule has 2 aromatic heterocycles. The summed E-state index contributed by atoms with van der Waals surface area (Å²) in [6.45, 7) is 5.01. The van der Waals surface area contributed by atoms with E-state index in [-0.39, 0.29) is 0 Å². The summed E-state index contributed by atoms with van der Waals surface area (Å²) < 4.78 is 2.71. The lowest BCUT2D eigenvalue weighted by Crippen LogP contribution is -2.07. The molecule has 98 valence electrons. The molecule has 0 aliphatic rings. The number of nitrogens with zero attached hydrogens (tertiary/aromatic N) is 4. The smallest absolute Gasteiger partial charge is 0.195 e. The van der Waals surface area contributed by atoms with Crippen LogP contribution in [0, 0.1) is 11.7 Å². The van der Waals surface area contributed by atoms with Crippen LogP contribution in [0.5, 0.6) is 0 Å². The maximum Gasteiger partial charge on any atom is 0.195 e. The van der Waals surface area contributed by atoms with Crippen molar-refractivity contribution in [3.63, 3.8) is 0 Å². The number of nitrogens with one attached hydrogen (secondary N) is 1. The summed E-state index contributed by atoms with van der Waals surface area (Å²) in [6.07, 6.45) is 1.03. The van der Waals surface area contributed by atoms with E-state index in [4.69, 9.17) is 12.2 Å². The van der Waals surface area contributed by atoms with Crippen LogP contribution in [-0.2, 0) is 6.54 Å². The molecule has 0 saturated heterocycles. The standard InChI is InChI=1S/C11H17N5S2/c1-5-6-16-9(13-14-10(16)17)8-7(2)12-11(18-8)15(3)4/h5-6H2,1-4H3,(H,14,17). The van der Waals surface area contributed by atoms with Crippen LogP contribution < -0.4 is 4.90 Å². The molecular weight excluding hydrogens is 266 g/mol. The molecule has 0 aromatic carbocycles. The summed E-state index contributed by atoms with van der Waals surface area (Å²) in [7, 11) is 3.98. The number of rotatable bonds is 4. The second-order valence-corrected chi connectivity index (χ2v) is 5.67. The molecule has 18 heavy (non-hydrogen) atoms. The van der Waals surface area contributed by atoms with Gasteiger partial charge in [0.1, 0.15) is 0 Å². The van der Waals surface area contributed by atoms with Crippen molar-refractivity contribution < 1.29 is 0 Å². The molecule has 0 saturated carbocycles. The molecule has 0 fully saturated rings. The number of thiazole rings is 1. The first-order valence-corrected chi connectivity index (χ1v) is 7.07. The Balaban J connectivity index is 2.51. The minimum Gasteiger partial charge on any atom is -0.354 e. The van der Waals surface area contributed by atoms with Crippen molar-refractivity contribution in [2.24, 2.45) is 0 Å². The Bertz CT molecular complexity index is 593. The van der Waals surface area contributed by atoms with E-state index in [0.29, 0.717) is 4.77 Å². The van der Waals surface area contributed by atoms with Gasteiger partial charge >= 0.3 is 0 Å². The van der Waals surface area contributed by atoms with Crippen LogP contribution in [0.4, 0.5) is 5.13 Å². The Morgan fingerprint density at radius 3 is 2.72 bits per heavy atom. The van der Waals surface area contributed by atoms with Crippen LogP contribution in [0.1, 0.15) is 19.0 Å². The van der Waals surface area contributed by atoms with E-state index >= 15 is 0 Å². The van der Waals surface area contributed by atoms with Crippen molar-refractivity contribution in [2.75, 3.05) is 19.0 Å². The number of aromatic amines is 1. The first-order valence-electron chi connectivity index (χ1n) is 5.85. The van der Waals surface area contributed by atoms with Crippen molar-refractivity contribution in [2.45, 2.75) is 26.8 Å². The molecule has 5 nitrogen and oxygen atoms in total. The largest absolute Gasteiger partial charge is 0.354 e. The first-order chi connectivity index (χ1) is 8.54. The van der Waals surface area contributed by atoms with Crippen molar-refractivity contribution in [1.29, 1.82) is 0 Å². The van der Waals surface area contributed by atoms with E-state index < -0.39 is 0 Å². The summed E-state index contributed by atoms with van der Waals surface area (Å²) in [4.78, 5) is 7.63. The molecule has 0 aliphatic carbocycles. The molecule has 2 rings (SSSR count). The van der Waals surface area contributed by atoms with Crippen LogP contribution >= 0.6 is 23.6 Å². The van der Waals surface area contributed by atoms with Crippen molar-refractivity contribution in [3.8, 4) is 10.7 Å². The predicted octanol–water partition coefficient (Wildman–Crippen LogP) is 2.85. The maximum absolute atomic E-state index is 5.26. The van der Waals surface area contributed by atoms with E-state index in [0.717, 1.165) is 34.5 Å². The van der Waals surface area contributed by atoms with Gasteiger partial charge in [0.15, 0.2) is 15.7 Å². The number of aryl methyl sites for hydroxylation is 1. The molecular formula is C11H17N5S2. The van der Waals surface area contributed by atoms with Gasteiger partial charge in [-0.15, -0.1) is 0 Å². The number of hydrogen-bond donors (Lipinski definition) is 1. The van der Waals surface area contributed by atoms with Gasteiger partial charge in [0, 0.05) is 20.6 Å². The second-order valence-electron chi connectivity index (χ2n) is 4.31. The lowest BCUT2D eigenvalue weighted by atomic mass is 10.3. The van der Waals surface area contributed by atoms with Gasteiger partial charge < -0.3 is 4.90 Å². The first kappa shape index (κ1) is 13.2. The van der Waals surface area contributed by atoms with Gasteiger partial charge in [-0.25, -0.2) is 4.98 Å². The molecule has 7 heteroatoms. The van der Waals surface area contributed by atoms with Gasteiger partial charge in [0.25, 0.3) is 0 Å². The molecule has 0 unspecified atom stereocenters. The molecule has 0 bridgehead atoms. The number of anilines is 1. The molecule has 0 amide bonds. The summed E-state index contributed by atoms with van der Waals surface area (Å²) in [5.74, 6) is 0.893. The van der Waals surface area contributed by atoms with E-state index in [1.54, 1.807) is 11.3 Å². The monoisotopic (exact) mass is 283 g/mol. The summed E-state index contributed by atoms with van der Waals surface area (Å²) in [5.41, 5.74) is 0.995. The summed E-state index contributed by atoms with van der Waals surface area (Å²) >= 11 is 6.90. The van der Waals surface area contributed by atoms with E-state index in [1.807, 2.05) is 30.5 Å². The molecule has 0 aliphatic heterocycles. The van der Waals surface area contributed by atoms with Crippen LogP contribution in [0.25, 0.3) is 10.7 Å². The Hall–Kier alpha value is -1.21. The zero-order valence-corrected chi connectivity index (χ0v) is 12.7. The molecule has 0 radical (unpaired) electrons. The third kappa shape index (κ3) is 2.32. The number of hydrogen-bond acceptors (Lipinski definition) is 5. The molecule has 1 N–H and O–H groups in total. The third-order valence-electron chi connectivity index (χ3n) is 2.58. The average molecular weight is 283 g/mol. The molecule has 0 atom stereocenters. The highest BCUT2D eigenvalue weighted by Gasteiger charge is 2.16. The SMILES string of the molecule is CCCn1c(-c2sc(N(C)C)nc2C)n[nH]c1=S. The Labute approximate surface area is 115 Å². The third-order valence-corrected chi connectivity index (χ3v) is 4.21. The highest BCUT2D eigenvalue weighted by molar-refractivity contribution is 7.71. The summed E-state index contributed by atoms with van der Waals surface area (Å²) in [5, 5.41) is 8.19. The van der Waals surface area contributed by atoms with E-state index in [1.165, 1.54) is 0 Å². The minimum absolute atomic E-state index is 0.672.